The first-order valence-corrected chi connectivity index (χ1v) is 5.82. The smallest absolute Gasteiger partial charge is 0.165 e. The van der Waals surface area contributed by atoms with E-state index in [2.05, 4.69) is 15.5 Å². The molecule has 0 aliphatic heterocycles. The number of rotatable bonds is 7. The molecule has 0 N–H and O–H groups in total. The Bertz CT molecular complexity index is 300. The van der Waals surface area contributed by atoms with E-state index in [-0.39, 0.29) is 0 Å². The van der Waals surface area contributed by atoms with Gasteiger partial charge in [-0.2, -0.15) is 0 Å². The fraction of sp³-hybridized carbons (Fsp3) is 0.889. The number of ether oxygens (including phenoxy) is 1. The van der Waals surface area contributed by atoms with Gasteiger partial charge in [-0.3, -0.25) is 0 Å². The van der Waals surface area contributed by atoms with Crippen molar-refractivity contribution >= 4 is 11.6 Å². The van der Waals surface area contributed by atoms with Gasteiger partial charge in [0.1, 0.15) is 0 Å². The molecular weight excluding hydrogens is 216 g/mol. The SMILES string of the molecule is ClCc1nnnn1CCCOCC1CC1. The van der Waals surface area contributed by atoms with Crippen LogP contribution in [0.15, 0.2) is 0 Å². The van der Waals surface area contributed by atoms with E-state index in [1.165, 1.54) is 12.8 Å². The molecule has 0 atom stereocenters. The molecule has 15 heavy (non-hydrogen) atoms. The predicted molar refractivity (Wildman–Crippen MR) is 55.5 cm³/mol. The van der Waals surface area contributed by atoms with Crippen LogP contribution in [0.1, 0.15) is 25.1 Å². The van der Waals surface area contributed by atoms with Crippen LogP contribution in [-0.4, -0.2) is 33.4 Å². The summed E-state index contributed by atoms with van der Waals surface area (Å²) < 4.78 is 7.24. The maximum Gasteiger partial charge on any atom is 0.165 e. The number of halogens is 1. The summed E-state index contributed by atoms with van der Waals surface area (Å²) in [5.41, 5.74) is 0. The molecule has 0 saturated heterocycles. The van der Waals surface area contributed by atoms with Crippen molar-refractivity contribution in [2.45, 2.75) is 31.7 Å². The monoisotopic (exact) mass is 230 g/mol. The molecule has 1 aliphatic carbocycles. The highest BCUT2D eigenvalue weighted by molar-refractivity contribution is 6.16. The molecule has 1 heterocycles. The number of nitrogens with zero attached hydrogens (tertiary/aromatic N) is 4. The normalized spacial score (nSPS) is 15.8. The van der Waals surface area contributed by atoms with E-state index in [9.17, 15) is 0 Å². The van der Waals surface area contributed by atoms with E-state index in [0.29, 0.717) is 5.88 Å². The zero-order chi connectivity index (χ0) is 10.5. The van der Waals surface area contributed by atoms with Crippen molar-refractivity contribution in [3.05, 3.63) is 5.82 Å². The summed E-state index contributed by atoms with van der Waals surface area (Å²) in [5.74, 6) is 1.91. The minimum Gasteiger partial charge on any atom is -0.381 e. The maximum atomic E-state index is 5.67. The van der Waals surface area contributed by atoms with Crippen molar-refractivity contribution in [3.63, 3.8) is 0 Å². The van der Waals surface area contributed by atoms with Crippen molar-refractivity contribution < 1.29 is 4.74 Å². The zero-order valence-electron chi connectivity index (χ0n) is 8.60. The topological polar surface area (TPSA) is 52.8 Å². The first-order valence-electron chi connectivity index (χ1n) is 5.29. The Morgan fingerprint density at radius 2 is 2.33 bits per heavy atom. The van der Waals surface area contributed by atoms with E-state index in [1.54, 1.807) is 4.68 Å². The van der Waals surface area contributed by atoms with Gasteiger partial charge in [0, 0.05) is 19.8 Å². The summed E-state index contributed by atoms with van der Waals surface area (Å²) in [5, 5.41) is 11.2. The molecule has 1 saturated carbocycles. The van der Waals surface area contributed by atoms with E-state index in [4.69, 9.17) is 16.3 Å². The van der Waals surface area contributed by atoms with Crippen molar-refractivity contribution in [1.29, 1.82) is 0 Å². The Balaban J connectivity index is 1.59. The van der Waals surface area contributed by atoms with Gasteiger partial charge in [0.05, 0.1) is 5.88 Å². The lowest BCUT2D eigenvalue weighted by atomic mass is 10.4. The highest BCUT2D eigenvalue weighted by atomic mass is 35.5. The summed E-state index contributed by atoms with van der Waals surface area (Å²) in [7, 11) is 0. The molecule has 0 spiro atoms. The molecule has 0 radical (unpaired) electrons. The quantitative estimate of drug-likeness (QED) is 0.522. The lowest BCUT2D eigenvalue weighted by molar-refractivity contribution is 0.118. The molecule has 0 unspecified atom stereocenters. The van der Waals surface area contributed by atoms with Crippen LogP contribution in [-0.2, 0) is 17.2 Å². The third-order valence-electron chi connectivity index (χ3n) is 2.43. The second-order valence-corrected chi connectivity index (χ2v) is 4.09. The molecule has 84 valence electrons. The first kappa shape index (κ1) is 10.8. The standard InChI is InChI=1S/C9H15ClN4O/c10-6-9-11-12-13-14(9)4-1-5-15-7-8-2-3-8/h8H,1-7H2. The van der Waals surface area contributed by atoms with Crippen molar-refractivity contribution in [2.75, 3.05) is 13.2 Å². The molecule has 5 nitrogen and oxygen atoms in total. The fourth-order valence-corrected chi connectivity index (χ4v) is 1.53. The van der Waals surface area contributed by atoms with Gasteiger partial charge in [-0.1, -0.05) is 0 Å². The Hall–Kier alpha value is -0.680. The minimum atomic E-state index is 0.357. The van der Waals surface area contributed by atoms with Crippen LogP contribution in [0.25, 0.3) is 0 Å². The number of tetrazole rings is 1. The van der Waals surface area contributed by atoms with Crippen LogP contribution in [0.5, 0.6) is 0 Å². The molecular formula is C9H15ClN4O. The predicted octanol–water partition coefficient (Wildman–Crippen LogP) is 1.23. The average Bonchev–Trinajstić information content (AvgIpc) is 2.96. The van der Waals surface area contributed by atoms with Gasteiger partial charge in [-0.05, 0) is 35.6 Å². The largest absolute Gasteiger partial charge is 0.381 e. The fourth-order valence-electron chi connectivity index (χ4n) is 1.34. The van der Waals surface area contributed by atoms with Crippen LogP contribution in [0.4, 0.5) is 0 Å². The molecule has 1 aliphatic rings. The number of hydrogen-bond acceptors (Lipinski definition) is 4. The van der Waals surface area contributed by atoms with Gasteiger partial charge in [0.15, 0.2) is 5.82 Å². The van der Waals surface area contributed by atoms with Gasteiger partial charge < -0.3 is 4.74 Å². The molecule has 2 rings (SSSR count). The minimum absolute atomic E-state index is 0.357. The van der Waals surface area contributed by atoms with E-state index in [0.717, 1.165) is 37.9 Å². The second kappa shape index (κ2) is 5.42. The van der Waals surface area contributed by atoms with Gasteiger partial charge in [0.25, 0.3) is 0 Å². The Morgan fingerprint density at radius 1 is 1.47 bits per heavy atom. The number of hydrogen-bond donors (Lipinski definition) is 0. The number of aromatic nitrogens is 4. The Labute approximate surface area is 93.7 Å². The Kier molecular flexibility index (Phi) is 3.91. The summed E-state index contributed by atoms with van der Waals surface area (Å²) in [6, 6.07) is 0. The molecule has 6 heteroatoms. The molecule has 1 aromatic rings. The van der Waals surface area contributed by atoms with Crippen LogP contribution in [0.3, 0.4) is 0 Å². The number of alkyl halides is 1. The highest BCUT2D eigenvalue weighted by Gasteiger charge is 2.20. The van der Waals surface area contributed by atoms with Crippen LogP contribution >= 0.6 is 11.6 Å². The summed E-state index contributed by atoms with van der Waals surface area (Å²) >= 11 is 5.67. The summed E-state index contributed by atoms with van der Waals surface area (Å²) in [6.45, 7) is 2.47. The molecule has 1 fully saturated rings. The van der Waals surface area contributed by atoms with Gasteiger partial charge in [0.2, 0.25) is 0 Å². The molecule has 0 bridgehead atoms. The Morgan fingerprint density at radius 3 is 3.07 bits per heavy atom. The summed E-state index contributed by atoms with van der Waals surface area (Å²) in [6.07, 6.45) is 3.61. The van der Waals surface area contributed by atoms with E-state index in [1.807, 2.05) is 0 Å². The first-order chi connectivity index (χ1) is 7.40. The third kappa shape index (κ3) is 3.43. The van der Waals surface area contributed by atoms with E-state index >= 15 is 0 Å². The van der Waals surface area contributed by atoms with Crippen molar-refractivity contribution in [3.8, 4) is 0 Å². The highest BCUT2D eigenvalue weighted by Crippen LogP contribution is 2.28. The lowest BCUT2D eigenvalue weighted by Gasteiger charge is -2.03. The van der Waals surface area contributed by atoms with Gasteiger partial charge >= 0.3 is 0 Å². The van der Waals surface area contributed by atoms with Crippen LogP contribution in [0.2, 0.25) is 0 Å². The molecule has 1 aromatic heterocycles. The molecule has 0 aromatic carbocycles. The van der Waals surface area contributed by atoms with E-state index < -0.39 is 0 Å². The molecule has 0 amide bonds. The van der Waals surface area contributed by atoms with Gasteiger partial charge in [-0.15, -0.1) is 16.7 Å². The third-order valence-corrected chi connectivity index (χ3v) is 2.67. The van der Waals surface area contributed by atoms with Gasteiger partial charge in [-0.25, -0.2) is 4.68 Å². The van der Waals surface area contributed by atoms with Crippen LogP contribution < -0.4 is 0 Å². The average molecular weight is 231 g/mol. The van der Waals surface area contributed by atoms with Crippen molar-refractivity contribution in [2.24, 2.45) is 5.92 Å². The zero-order valence-corrected chi connectivity index (χ0v) is 9.36. The van der Waals surface area contributed by atoms with Crippen LogP contribution in [0, 0.1) is 5.92 Å². The number of aryl methyl sites for hydroxylation is 1. The second-order valence-electron chi connectivity index (χ2n) is 3.82. The maximum absolute atomic E-state index is 5.67. The van der Waals surface area contributed by atoms with Crippen molar-refractivity contribution in [1.82, 2.24) is 20.2 Å². The lowest BCUT2D eigenvalue weighted by Crippen LogP contribution is -2.08. The summed E-state index contributed by atoms with van der Waals surface area (Å²) in [4.78, 5) is 0.